The van der Waals surface area contributed by atoms with Gasteiger partial charge in [-0.2, -0.15) is 0 Å². The summed E-state index contributed by atoms with van der Waals surface area (Å²) in [6, 6.07) is 0. The lowest BCUT2D eigenvalue weighted by molar-refractivity contribution is -0.161. The molecule has 584 valence electrons. The molecule has 103 heavy (non-hydrogen) atoms. The second-order valence-corrected chi connectivity index (χ2v) is 28.3. The predicted octanol–water partition coefficient (Wildman–Crippen LogP) is 23.0. The third-order valence-corrected chi connectivity index (χ3v) is 17.5. The average molecular weight is 1480 g/mol. The quantitative estimate of drug-likeness (QED) is 0.0146. The number of hydrogen-bond acceptors (Lipinski definition) is 14. The predicted molar refractivity (Wildman–Crippen MR) is 426 cm³/mol. The van der Waals surface area contributed by atoms with Crippen LogP contribution in [0, 0.1) is 0 Å². The van der Waals surface area contributed by atoms with Crippen LogP contribution in [0.3, 0.4) is 0 Å². The highest BCUT2D eigenvalue weighted by Crippen LogP contribution is 2.45. The molecule has 5 atom stereocenters. The summed E-state index contributed by atoms with van der Waals surface area (Å²) in [5.74, 6) is -1.67. The first-order chi connectivity index (χ1) is 50.2. The molecule has 18 heteroatoms. The van der Waals surface area contributed by atoms with Crippen LogP contribution in [0.1, 0.15) is 278 Å². The molecular formula is C85H138O16P2. The number of phosphoric ester groups is 2. The Balaban J connectivity index is 4.63. The maximum Gasteiger partial charge on any atom is 0.472 e. The number of unbranched alkanes of at least 4 members (excludes halogenated alkanes) is 19. The van der Waals surface area contributed by atoms with Gasteiger partial charge in [-0.3, -0.25) is 32.5 Å². The monoisotopic (exact) mass is 1480 g/mol. The third-order valence-electron chi connectivity index (χ3n) is 15.6. The van der Waals surface area contributed by atoms with Gasteiger partial charge in [-0.05, 0) is 154 Å². The first kappa shape index (κ1) is 97.7. The van der Waals surface area contributed by atoms with Crippen LogP contribution >= 0.6 is 15.6 Å². The van der Waals surface area contributed by atoms with Gasteiger partial charge in [-0.25, -0.2) is 9.13 Å². The zero-order chi connectivity index (χ0) is 75.2. The van der Waals surface area contributed by atoms with Crippen LogP contribution in [0.2, 0.25) is 0 Å². The maximum absolute atomic E-state index is 13.0. The molecule has 0 aromatic carbocycles. The molecule has 16 nitrogen and oxygen atoms in total. The SMILES string of the molecule is CC/C=C\C/C=C\C/C=C\C/C=C\C/C=C\C/C=C\CCCCC(=O)OCC(COP(=O)(O)OCC(O)COP(=O)(O)OCC(O)COC(=O)CCCCCCCCCCCCCCC/C=C\C/C=C\C/C=C\C/C=C\C/C=C\CC)OC(=O)CCCCCC/C=C\C/C=C\C/C=C\C/C=C\CC. The molecule has 0 aliphatic rings. The Morgan fingerprint density at radius 2 is 0.485 bits per heavy atom. The van der Waals surface area contributed by atoms with Crippen molar-refractivity contribution in [1.29, 1.82) is 0 Å². The van der Waals surface area contributed by atoms with E-state index in [-0.39, 0.29) is 19.3 Å². The molecule has 0 rings (SSSR count). The highest BCUT2D eigenvalue weighted by atomic mass is 31.2. The van der Waals surface area contributed by atoms with Crippen LogP contribution in [0.25, 0.3) is 0 Å². The molecule has 0 heterocycles. The second-order valence-electron chi connectivity index (χ2n) is 25.4. The van der Waals surface area contributed by atoms with Crippen molar-refractivity contribution in [2.45, 2.75) is 296 Å². The number of carbonyl (C=O) groups is 3. The summed E-state index contributed by atoms with van der Waals surface area (Å²) in [6.45, 7) is 2.24. The molecule has 0 amide bonds. The van der Waals surface area contributed by atoms with Gasteiger partial charge in [0.15, 0.2) is 6.10 Å². The Hall–Kier alpha value is -5.35. The molecule has 0 aliphatic heterocycles. The van der Waals surface area contributed by atoms with E-state index in [0.717, 1.165) is 161 Å². The van der Waals surface area contributed by atoms with Gasteiger partial charge in [-0.15, -0.1) is 0 Å². The maximum atomic E-state index is 13.0. The smallest absolute Gasteiger partial charge is 0.463 e. The molecule has 0 aromatic rings. The Bertz CT molecular complexity index is 2600. The Morgan fingerprint density at radius 3 is 0.786 bits per heavy atom. The summed E-state index contributed by atoms with van der Waals surface area (Å²) in [4.78, 5) is 58.6. The van der Waals surface area contributed by atoms with E-state index in [4.69, 9.17) is 32.3 Å². The first-order valence-electron chi connectivity index (χ1n) is 39.1. The summed E-state index contributed by atoms with van der Waals surface area (Å²) in [5, 5.41) is 20.6. The first-order valence-corrected chi connectivity index (χ1v) is 42.1. The van der Waals surface area contributed by atoms with Gasteiger partial charge < -0.3 is 34.2 Å². The Morgan fingerprint density at radius 1 is 0.272 bits per heavy atom. The van der Waals surface area contributed by atoms with E-state index in [2.05, 4.69) is 203 Å². The zero-order valence-electron chi connectivity index (χ0n) is 63.7. The standard InChI is InChI=1S/C85H138O16P2/c1-4-7-10-13-16-19-22-25-28-31-33-35-36-37-38-39-40-41-42-44-46-48-50-53-56-59-62-65-68-71-83(88)95-74-80(86)75-97-102(91,92)98-76-81(87)77-99-103(93,94)100-79-82(101-85(90)73-70-67-64-61-58-55-52-47-30-27-24-21-18-15-12-9-6-3)78-96-84(89)72-69-66-63-60-57-54-51-49-45-43-34-32-29-26-23-20-17-14-11-8-5-2/h7-12,16-21,25-30,33-35,37-38,43,49,51-52,55,57,60,80-82,86-87H,4-6,13-15,22-24,31-32,36,39-42,44-48,50,53-54,56,58-59,61-79H2,1-3H3,(H,91,92)(H,93,94)/b10-7-,11-8-,12-9-,19-16-,20-17-,21-18-,28-25-,29-26-,30-27-,35-33-,38-37-,43-34-,51-49-,55-52-,60-57-. The van der Waals surface area contributed by atoms with Crippen LogP contribution in [0.15, 0.2) is 182 Å². The number of allylic oxidation sites excluding steroid dienone is 30. The van der Waals surface area contributed by atoms with Gasteiger partial charge in [0.1, 0.15) is 25.4 Å². The van der Waals surface area contributed by atoms with E-state index in [9.17, 15) is 43.5 Å². The number of carbonyl (C=O) groups excluding carboxylic acids is 3. The second kappa shape index (κ2) is 76.3. The molecule has 0 spiro atoms. The van der Waals surface area contributed by atoms with E-state index in [1.807, 2.05) is 0 Å². The molecule has 4 N–H and O–H groups in total. The normalized spacial score (nSPS) is 15.0. The molecule has 0 saturated heterocycles. The van der Waals surface area contributed by atoms with Crippen molar-refractivity contribution in [2.24, 2.45) is 0 Å². The van der Waals surface area contributed by atoms with Crippen molar-refractivity contribution in [1.82, 2.24) is 0 Å². The van der Waals surface area contributed by atoms with Crippen LogP contribution in [-0.4, -0.2) is 95.9 Å². The lowest BCUT2D eigenvalue weighted by Gasteiger charge is -2.21. The summed E-state index contributed by atoms with van der Waals surface area (Å²) in [6.07, 6.45) is 98.0. The summed E-state index contributed by atoms with van der Waals surface area (Å²) >= 11 is 0. The highest BCUT2D eigenvalue weighted by molar-refractivity contribution is 7.47. The van der Waals surface area contributed by atoms with Crippen LogP contribution in [-0.2, 0) is 55.8 Å². The van der Waals surface area contributed by atoms with Gasteiger partial charge in [0.25, 0.3) is 0 Å². The van der Waals surface area contributed by atoms with E-state index in [1.165, 1.54) is 57.8 Å². The largest absolute Gasteiger partial charge is 0.472 e. The van der Waals surface area contributed by atoms with E-state index < -0.39 is 91.5 Å². The molecule has 0 fully saturated rings. The van der Waals surface area contributed by atoms with Crippen molar-refractivity contribution in [3.8, 4) is 0 Å². The minimum Gasteiger partial charge on any atom is -0.463 e. The van der Waals surface area contributed by atoms with Gasteiger partial charge in [0.05, 0.1) is 26.4 Å². The highest BCUT2D eigenvalue weighted by Gasteiger charge is 2.29. The van der Waals surface area contributed by atoms with Crippen molar-refractivity contribution < 1.29 is 75.8 Å². The van der Waals surface area contributed by atoms with Gasteiger partial charge >= 0.3 is 33.6 Å². The van der Waals surface area contributed by atoms with Gasteiger partial charge in [-0.1, -0.05) is 287 Å². The number of aliphatic hydroxyl groups excluding tert-OH is 2. The van der Waals surface area contributed by atoms with Crippen LogP contribution in [0.5, 0.6) is 0 Å². The fourth-order valence-corrected chi connectivity index (χ4v) is 11.4. The average Bonchev–Trinajstić information content (AvgIpc) is 0.924. The van der Waals surface area contributed by atoms with E-state index in [0.29, 0.717) is 19.3 Å². The summed E-state index contributed by atoms with van der Waals surface area (Å²) < 4.78 is 61.1. The van der Waals surface area contributed by atoms with E-state index in [1.54, 1.807) is 0 Å². The van der Waals surface area contributed by atoms with Crippen molar-refractivity contribution in [3.63, 3.8) is 0 Å². The van der Waals surface area contributed by atoms with Gasteiger partial charge in [0, 0.05) is 19.3 Å². The Kier molecular flexibility index (Phi) is 72.3. The molecule has 5 unspecified atom stereocenters. The molecule has 0 aliphatic carbocycles. The van der Waals surface area contributed by atoms with Crippen molar-refractivity contribution in [3.05, 3.63) is 182 Å². The van der Waals surface area contributed by atoms with Gasteiger partial charge in [0.2, 0.25) is 0 Å². The number of hydrogen-bond donors (Lipinski definition) is 4. The summed E-state index contributed by atoms with van der Waals surface area (Å²) in [7, 11) is -9.83. The van der Waals surface area contributed by atoms with E-state index >= 15 is 0 Å². The minimum absolute atomic E-state index is 0.0596. The van der Waals surface area contributed by atoms with Crippen molar-refractivity contribution in [2.75, 3.05) is 39.6 Å². The number of ether oxygens (including phenoxy) is 3. The molecule has 0 bridgehead atoms. The number of phosphoric acid groups is 2. The van der Waals surface area contributed by atoms with Crippen LogP contribution in [0.4, 0.5) is 0 Å². The fourth-order valence-electron chi connectivity index (χ4n) is 9.77. The lowest BCUT2D eigenvalue weighted by atomic mass is 10.0. The molecule has 0 aromatic heterocycles. The number of esters is 3. The number of rotatable bonds is 72. The fraction of sp³-hybridized carbons (Fsp3) is 0.612. The Labute approximate surface area is 624 Å². The minimum atomic E-state index is -4.96. The number of aliphatic hydroxyl groups is 2. The van der Waals surface area contributed by atoms with Crippen LogP contribution < -0.4 is 0 Å². The topological polar surface area (TPSA) is 231 Å². The molecular weight excluding hydrogens is 1340 g/mol. The molecule has 0 saturated carbocycles. The third kappa shape index (κ3) is 77.6. The zero-order valence-corrected chi connectivity index (χ0v) is 65.5. The summed E-state index contributed by atoms with van der Waals surface area (Å²) in [5.41, 5.74) is 0. The lowest BCUT2D eigenvalue weighted by Crippen LogP contribution is -2.30. The van der Waals surface area contributed by atoms with Crippen molar-refractivity contribution >= 4 is 33.6 Å². The molecule has 0 radical (unpaired) electrons.